The maximum Gasteiger partial charge on any atom is 0.205 e. The van der Waals surface area contributed by atoms with Crippen LogP contribution in [-0.2, 0) is 11.3 Å². The van der Waals surface area contributed by atoms with Crippen molar-refractivity contribution in [2.45, 2.75) is 18.3 Å². The molecule has 1 fully saturated rings. The van der Waals surface area contributed by atoms with Crippen molar-refractivity contribution in [3.05, 3.63) is 77.4 Å². The summed E-state index contributed by atoms with van der Waals surface area (Å²) in [7, 11) is 4.68. The van der Waals surface area contributed by atoms with Crippen LogP contribution in [0.2, 0.25) is 0 Å². The summed E-state index contributed by atoms with van der Waals surface area (Å²) in [5, 5.41) is 0. The fourth-order valence-corrected chi connectivity index (χ4v) is 4.19. The standard InChI is InChI=1S/C26H24O7/c1-28-19-11-9-17(13-21(19)29-2)25-26(33-25)15-32-22-18(24(26)27)10-12-20(23(22)30-3)31-14-16-7-5-4-6-8-16/h4-13,25H,14-15H2,1-3H3. The van der Waals surface area contributed by atoms with Gasteiger partial charge in [-0.1, -0.05) is 36.4 Å². The van der Waals surface area contributed by atoms with E-state index in [2.05, 4.69) is 0 Å². The Hall–Kier alpha value is -3.71. The van der Waals surface area contributed by atoms with Gasteiger partial charge >= 0.3 is 0 Å². The Kier molecular flexibility index (Phi) is 5.34. The van der Waals surface area contributed by atoms with Crippen molar-refractivity contribution in [1.82, 2.24) is 0 Å². The van der Waals surface area contributed by atoms with Crippen LogP contribution in [0.15, 0.2) is 60.7 Å². The van der Waals surface area contributed by atoms with Gasteiger partial charge in [0.05, 0.1) is 26.9 Å². The summed E-state index contributed by atoms with van der Waals surface area (Å²) in [6, 6.07) is 18.7. The van der Waals surface area contributed by atoms with Gasteiger partial charge in [-0.05, 0) is 35.4 Å². The van der Waals surface area contributed by atoms with Crippen LogP contribution in [0.4, 0.5) is 0 Å². The predicted molar refractivity (Wildman–Crippen MR) is 120 cm³/mol. The number of carbonyl (C=O) groups excluding carboxylic acids is 1. The minimum absolute atomic E-state index is 0.0797. The van der Waals surface area contributed by atoms with Crippen molar-refractivity contribution in [2.75, 3.05) is 27.9 Å². The maximum atomic E-state index is 13.5. The van der Waals surface area contributed by atoms with Gasteiger partial charge in [0, 0.05) is 0 Å². The first-order chi connectivity index (χ1) is 16.1. The van der Waals surface area contributed by atoms with E-state index in [0.29, 0.717) is 40.9 Å². The second-order valence-electron chi connectivity index (χ2n) is 7.87. The van der Waals surface area contributed by atoms with E-state index in [-0.39, 0.29) is 12.4 Å². The van der Waals surface area contributed by atoms with Gasteiger partial charge in [0.1, 0.15) is 19.3 Å². The van der Waals surface area contributed by atoms with Crippen molar-refractivity contribution in [3.8, 4) is 28.7 Å². The van der Waals surface area contributed by atoms with Gasteiger partial charge in [-0.2, -0.15) is 0 Å². The van der Waals surface area contributed by atoms with E-state index in [1.54, 1.807) is 32.4 Å². The Morgan fingerprint density at radius 2 is 1.67 bits per heavy atom. The Balaban J connectivity index is 1.40. The number of epoxide rings is 1. The number of rotatable bonds is 7. The lowest BCUT2D eigenvalue weighted by molar-refractivity contribution is 0.0748. The van der Waals surface area contributed by atoms with Gasteiger partial charge in [0.2, 0.25) is 11.5 Å². The summed E-state index contributed by atoms with van der Waals surface area (Å²) in [5.74, 6) is 2.33. The lowest BCUT2D eigenvalue weighted by atomic mass is 9.89. The number of hydrogen-bond donors (Lipinski definition) is 0. The number of ketones is 1. The highest BCUT2D eigenvalue weighted by Crippen LogP contribution is 2.57. The molecular weight excluding hydrogens is 424 g/mol. The highest BCUT2D eigenvalue weighted by atomic mass is 16.6. The predicted octanol–water partition coefficient (Wildman–Crippen LogP) is 4.38. The fraction of sp³-hybridized carbons (Fsp3) is 0.269. The molecule has 2 heterocycles. The fourth-order valence-electron chi connectivity index (χ4n) is 4.19. The molecule has 0 amide bonds. The van der Waals surface area contributed by atoms with E-state index < -0.39 is 11.7 Å². The maximum absolute atomic E-state index is 13.5. The molecule has 33 heavy (non-hydrogen) atoms. The zero-order chi connectivity index (χ0) is 23.0. The van der Waals surface area contributed by atoms with Gasteiger partial charge in [0.25, 0.3) is 0 Å². The van der Waals surface area contributed by atoms with Gasteiger partial charge in [-0.3, -0.25) is 4.79 Å². The van der Waals surface area contributed by atoms with Crippen LogP contribution in [0.1, 0.15) is 27.6 Å². The summed E-state index contributed by atoms with van der Waals surface area (Å²) in [6.45, 7) is 0.453. The molecule has 170 valence electrons. The van der Waals surface area contributed by atoms with E-state index in [0.717, 1.165) is 11.1 Å². The topological polar surface area (TPSA) is 75.8 Å². The average molecular weight is 448 g/mol. The number of fused-ring (bicyclic) bond motifs is 1. The quantitative estimate of drug-likeness (QED) is 0.497. The highest BCUT2D eigenvalue weighted by molar-refractivity contribution is 6.08. The summed E-state index contributed by atoms with van der Waals surface area (Å²) in [4.78, 5) is 13.5. The van der Waals surface area contributed by atoms with Crippen LogP contribution in [0.5, 0.6) is 28.7 Å². The molecule has 2 atom stereocenters. The summed E-state index contributed by atoms with van der Waals surface area (Å²) in [5.41, 5.74) is 1.19. The molecule has 3 aromatic carbocycles. The zero-order valence-electron chi connectivity index (χ0n) is 18.6. The van der Waals surface area contributed by atoms with E-state index in [4.69, 9.17) is 28.4 Å². The molecule has 0 aliphatic carbocycles. The Bertz CT molecular complexity index is 1190. The van der Waals surface area contributed by atoms with Gasteiger partial charge in [0.15, 0.2) is 28.6 Å². The van der Waals surface area contributed by atoms with Crippen LogP contribution < -0.4 is 23.7 Å². The molecule has 1 saturated heterocycles. The van der Waals surface area contributed by atoms with Crippen LogP contribution in [0, 0.1) is 0 Å². The number of methoxy groups -OCH3 is 3. The molecule has 0 aromatic heterocycles. The van der Waals surface area contributed by atoms with Crippen molar-refractivity contribution in [2.24, 2.45) is 0 Å². The Morgan fingerprint density at radius 1 is 0.909 bits per heavy atom. The van der Waals surface area contributed by atoms with Crippen LogP contribution in [-0.4, -0.2) is 39.3 Å². The Morgan fingerprint density at radius 3 is 2.39 bits per heavy atom. The van der Waals surface area contributed by atoms with E-state index >= 15 is 0 Å². The molecule has 0 radical (unpaired) electrons. The smallest absolute Gasteiger partial charge is 0.205 e. The van der Waals surface area contributed by atoms with E-state index in [1.165, 1.54) is 7.11 Å². The molecule has 1 spiro atoms. The van der Waals surface area contributed by atoms with Crippen molar-refractivity contribution in [3.63, 3.8) is 0 Å². The van der Waals surface area contributed by atoms with Crippen LogP contribution in [0.25, 0.3) is 0 Å². The first kappa shape index (κ1) is 21.2. The molecule has 2 aliphatic rings. The molecule has 0 bridgehead atoms. The van der Waals surface area contributed by atoms with Crippen molar-refractivity contribution in [1.29, 1.82) is 0 Å². The second-order valence-corrected chi connectivity index (χ2v) is 7.87. The van der Waals surface area contributed by atoms with E-state index in [1.807, 2.05) is 42.5 Å². The van der Waals surface area contributed by atoms with Crippen LogP contribution >= 0.6 is 0 Å². The first-order valence-electron chi connectivity index (χ1n) is 10.6. The lowest BCUT2D eigenvalue weighted by Crippen LogP contribution is -2.37. The third-order valence-electron chi connectivity index (χ3n) is 5.98. The number of hydrogen-bond acceptors (Lipinski definition) is 7. The second kappa shape index (κ2) is 8.33. The summed E-state index contributed by atoms with van der Waals surface area (Å²) >= 11 is 0. The van der Waals surface area contributed by atoms with Crippen LogP contribution in [0.3, 0.4) is 0 Å². The normalized spacial score (nSPS) is 20.6. The highest BCUT2D eigenvalue weighted by Gasteiger charge is 2.66. The molecule has 5 rings (SSSR count). The third kappa shape index (κ3) is 3.54. The zero-order valence-corrected chi connectivity index (χ0v) is 18.6. The summed E-state index contributed by atoms with van der Waals surface area (Å²) in [6.07, 6.45) is -0.432. The minimum Gasteiger partial charge on any atom is -0.493 e. The summed E-state index contributed by atoms with van der Waals surface area (Å²) < 4.78 is 34.2. The number of carbonyl (C=O) groups is 1. The van der Waals surface area contributed by atoms with Crippen molar-refractivity contribution < 1.29 is 33.2 Å². The molecule has 3 aromatic rings. The van der Waals surface area contributed by atoms with Gasteiger partial charge < -0.3 is 28.4 Å². The monoisotopic (exact) mass is 448 g/mol. The number of Topliss-reactive ketones (excluding diaryl/α,β-unsaturated/α-hetero) is 1. The van der Waals surface area contributed by atoms with Gasteiger partial charge in [-0.15, -0.1) is 0 Å². The number of ether oxygens (including phenoxy) is 6. The molecule has 7 heteroatoms. The third-order valence-corrected chi connectivity index (χ3v) is 5.98. The van der Waals surface area contributed by atoms with E-state index in [9.17, 15) is 4.79 Å². The molecule has 7 nitrogen and oxygen atoms in total. The number of benzene rings is 3. The Labute approximate surface area is 191 Å². The average Bonchev–Trinajstić information content (AvgIpc) is 3.60. The minimum atomic E-state index is -1.07. The molecule has 2 unspecified atom stereocenters. The largest absolute Gasteiger partial charge is 0.493 e. The SMILES string of the molecule is COc1ccc(C2OC23COc2c(ccc(OCc4ccccc4)c2OC)C3=O)cc1OC. The first-order valence-corrected chi connectivity index (χ1v) is 10.6. The van der Waals surface area contributed by atoms with Gasteiger partial charge in [-0.25, -0.2) is 0 Å². The molecule has 0 N–H and O–H groups in total. The van der Waals surface area contributed by atoms with Crippen molar-refractivity contribution >= 4 is 5.78 Å². The molecule has 2 aliphatic heterocycles. The molecule has 0 saturated carbocycles. The lowest BCUT2D eigenvalue weighted by Gasteiger charge is -2.25. The molecular formula is C26H24O7.